The molecule has 0 aromatic heterocycles. The fourth-order valence-corrected chi connectivity index (χ4v) is 3.89. The Morgan fingerprint density at radius 2 is 1.96 bits per heavy atom. The number of rotatable bonds is 1. The highest BCUT2D eigenvalue weighted by molar-refractivity contribution is 6.12. The van der Waals surface area contributed by atoms with E-state index in [4.69, 9.17) is 14.2 Å². The second-order valence-corrected chi connectivity index (χ2v) is 7.91. The molecule has 6 heteroatoms. The van der Waals surface area contributed by atoms with E-state index < -0.39 is 34.3 Å². The van der Waals surface area contributed by atoms with Gasteiger partial charge in [0, 0.05) is 18.9 Å². The molecule has 3 aliphatic heterocycles. The van der Waals surface area contributed by atoms with Gasteiger partial charge in [-0.1, -0.05) is 0 Å². The number of fused-ring (bicyclic) bond motifs is 3. The molecule has 2 saturated heterocycles. The number of hydrogen-bond donors (Lipinski definition) is 0. The average Bonchev–Trinajstić information content (AvgIpc) is 2.78. The third-order valence-electron chi connectivity index (χ3n) is 4.80. The Kier molecular flexibility index (Phi) is 3.12. The van der Waals surface area contributed by atoms with Crippen molar-refractivity contribution in [2.75, 3.05) is 0 Å². The number of ketones is 1. The van der Waals surface area contributed by atoms with Crippen molar-refractivity contribution in [3.63, 3.8) is 0 Å². The number of esters is 2. The average molecular weight is 322 g/mol. The normalized spacial score (nSPS) is 39.4. The van der Waals surface area contributed by atoms with Gasteiger partial charge in [0.05, 0.1) is 5.60 Å². The van der Waals surface area contributed by atoms with Gasteiger partial charge >= 0.3 is 11.9 Å². The second-order valence-electron chi connectivity index (χ2n) is 7.91. The van der Waals surface area contributed by atoms with Crippen LogP contribution in [0.2, 0.25) is 0 Å². The lowest BCUT2D eigenvalue weighted by molar-refractivity contribution is -0.213. The molecule has 0 saturated carbocycles. The zero-order valence-corrected chi connectivity index (χ0v) is 14.1. The van der Waals surface area contributed by atoms with E-state index in [2.05, 4.69) is 0 Å². The molecule has 0 aliphatic carbocycles. The number of carbonyl (C=O) groups is 3. The first-order chi connectivity index (χ1) is 10.4. The van der Waals surface area contributed by atoms with E-state index >= 15 is 0 Å². The lowest BCUT2D eigenvalue weighted by Gasteiger charge is -2.41. The van der Waals surface area contributed by atoms with E-state index in [1.807, 2.05) is 6.92 Å². The van der Waals surface area contributed by atoms with Crippen molar-refractivity contribution < 1.29 is 28.6 Å². The van der Waals surface area contributed by atoms with Crippen LogP contribution in [-0.4, -0.2) is 40.1 Å². The summed E-state index contributed by atoms with van der Waals surface area (Å²) >= 11 is 0. The molecule has 3 heterocycles. The van der Waals surface area contributed by atoms with Crippen molar-refractivity contribution >= 4 is 17.7 Å². The molecule has 0 amide bonds. The quantitative estimate of drug-likeness (QED) is 0.541. The van der Waals surface area contributed by atoms with E-state index in [-0.39, 0.29) is 18.6 Å². The Labute approximate surface area is 135 Å². The fraction of sp³-hybridized carbons (Fsp3) is 0.706. The topological polar surface area (TPSA) is 78.9 Å². The van der Waals surface area contributed by atoms with Crippen LogP contribution in [0.4, 0.5) is 0 Å². The predicted molar refractivity (Wildman–Crippen MR) is 79.5 cm³/mol. The van der Waals surface area contributed by atoms with Gasteiger partial charge in [-0.2, -0.15) is 0 Å². The van der Waals surface area contributed by atoms with Crippen molar-refractivity contribution in [3.05, 3.63) is 11.6 Å². The Balaban J connectivity index is 2.16. The summed E-state index contributed by atoms with van der Waals surface area (Å²) in [6.07, 6.45) is 2.29. The van der Waals surface area contributed by atoms with E-state index in [1.54, 1.807) is 27.7 Å². The molecule has 1 spiro atoms. The van der Waals surface area contributed by atoms with Gasteiger partial charge < -0.3 is 14.2 Å². The van der Waals surface area contributed by atoms with E-state index in [0.717, 1.165) is 0 Å². The first-order valence-corrected chi connectivity index (χ1v) is 7.83. The smallest absolute Gasteiger partial charge is 0.351 e. The van der Waals surface area contributed by atoms with E-state index in [1.165, 1.54) is 6.08 Å². The van der Waals surface area contributed by atoms with Crippen molar-refractivity contribution in [2.45, 2.75) is 76.3 Å². The van der Waals surface area contributed by atoms with Crippen LogP contribution in [0.1, 0.15) is 53.9 Å². The minimum absolute atomic E-state index is 0.197. The monoisotopic (exact) mass is 322 g/mol. The highest BCUT2D eigenvalue weighted by atomic mass is 16.6. The lowest BCUT2D eigenvalue weighted by Crippen LogP contribution is -2.65. The molecule has 126 valence electrons. The summed E-state index contributed by atoms with van der Waals surface area (Å²) in [5, 5.41) is 0. The van der Waals surface area contributed by atoms with Crippen molar-refractivity contribution in [1.82, 2.24) is 0 Å². The highest BCUT2D eigenvalue weighted by Gasteiger charge is 2.78. The minimum atomic E-state index is -1.90. The summed E-state index contributed by atoms with van der Waals surface area (Å²) in [4.78, 5) is 37.6. The molecule has 2 bridgehead atoms. The number of ether oxygens (including phenoxy) is 3. The van der Waals surface area contributed by atoms with Crippen molar-refractivity contribution in [1.29, 1.82) is 0 Å². The fourth-order valence-electron chi connectivity index (χ4n) is 3.89. The third kappa shape index (κ3) is 2.07. The van der Waals surface area contributed by atoms with Gasteiger partial charge in [-0.25, -0.2) is 9.59 Å². The maximum Gasteiger partial charge on any atom is 0.351 e. The molecule has 0 aromatic carbocycles. The van der Waals surface area contributed by atoms with Gasteiger partial charge in [0.15, 0.2) is 11.4 Å². The Bertz CT molecular complexity index is 642. The molecule has 0 aromatic rings. The number of hydrogen-bond acceptors (Lipinski definition) is 6. The second kappa shape index (κ2) is 4.44. The summed E-state index contributed by atoms with van der Waals surface area (Å²) in [6, 6.07) is 0. The first-order valence-electron chi connectivity index (χ1n) is 7.83. The molecule has 0 radical (unpaired) electrons. The zero-order chi connectivity index (χ0) is 17.3. The molecule has 2 fully saturated rings. The summed E-state index contributed by atoms with van der Waals surface area (Å²) in [5.41, 5.74) is -4.25. The maximum atomic E-state index is 13.0. The van der Waals surface area contributed by atoms with Crippen LogP contribution in [-0.2, 0) is 28.6 Å². The molecular weight excluding hydrogens is 300 g/mol. The van der Waals surface area contributed by atoms with Crippen LogP contribution in [0.25, 0.3) is 0 Å². The summed E-state index contributed by atoms with van der Waals surface area (Å²) < 4.78 is 17.0. The van der Waals surface area contributed by atoms with E-state index in [9.17, 15) is 14.4 Å². The first kappa shape index (κ1) is 16.2. The van der Waals surface area contributed by atoms with Crippen LogP contribution in [0.3, 0.4) is 0 Å². The zero-order valence-electron chi connectivity index (χ0n) is 14.1. The van der Waals surface area contributed by atoms with Crippen LogP contribution in [0, 0.1) is 0 Å². The largest absolute Gasteiger partial charge is 0.457 e. The van der Waals surface area contributed by atoms with Gasteiger partial charge in [0.2, 0.25) is 0 Å². The van der Waals surface area contributed by atoms with Crippen molar-refractivity contribution in [3.8, 4) is 0 Å². The van der Waals surface area contributed by atoms with Gasteiger partial charge in [-0.15, -0.1) is 0 Å². The van der Waals surface area contributed by atoms with Crippen molar-refractivity contribution in [2.24, 2.45) is 0 Å². The molecule has 3 rings (SSSR count). The minimum Gasteiger partial charge on any atom is -0.457 e. The number of carbonyl (C=O) groups excluding carboxylic acids is 3. The van der Waals surface area contributed by atoms with Crippen LogP contribution in [0.5, 0.6) is 0 Å². The SMILES string of the molecule is CC1=CC(=O)O[C@@]12C[C@]1(C)CCC(=O)[C@@]2(C(=O)OC(C)(C)C)O1. The standard InChI is InChI=1S/C17H22O6/c1-10-8-12(19)21-16(10)9-15(5)7-6-11(18)17(16,23-15)13(20)22-14(2,3)4/h8H,6-7,9H2,1-5H3/t15-,16-,17-/m0/s1. The van der Waals surface area contributed by atoms with Crippen LogP contribution in [0.15, 0.2) is 11.6 Å². The van der Waals surface area contributed by atoms with Gasteiger partial charge in [-0.05, 0) is 46.6 Å². The third-order valence-corrected chi connectivity index (χ3v) is 4.80. The predicted octanol–water partition coefficient (Wildman–Crippen LogP) is 1.85. The van der Waals surface area contributed by atoms with Gasteiger partial charge in [-0.3, -0.25) is 4.79 Å². The highest BCUT2D eigenvalue weighted by Crippen LogP contribution is 2.58. The summed E-state index contributed by atoms with van der Waals surface area (Å²) in [7, 11) is 0. The Morgan fingerprint density at radius 1 is 1.30 bits per heavy atom. The maximum absolute atomic E-state index is 13.0. The number of Topliss-reactive ketones (excluding diaryl/α,β-unsaturated/α-hetero) is 1. The lowest BCUT2D eigenvalue weighted by atomic mass is 9.75. The Morgan fingerprint density at radius 3 is 2.48 bits per heavy atom. The molecule has 0 N–H and O–H groups in total. The Hall–Kier alpha value is -1.69. The van der Waals surface area contributed by atoms with Gasteiger partial charge in [0.1, 0.15) is 5.60 Å². The van der Waals surface area contributed by atoms with E-state index in [0.29, 0.717) is 12.0 Å². The van der Waals surface area contributed by atoms with Gasteiger partial charge in [0.25, 0.3) is 5.60 Å². The molecular formula is C17H22O6. The molecule has 0 unspecified atom stereocenters. The summed E-state index contributed by atoms with van der Waals surface area (Å²) in [6.45, 7) is 8.70. The molecule has 3 aliphatic rings. The van der Waals surface area contributed by atoms with Crippen LogP contribution < -0.4 is 0 Å². The molecule has 6 nitrogen and oxygen atoms in total. The summed E-state index contributed by atoms with van der Waals surface area (Å²) in [5.74, 6) is -1.72. The van der Waals surface area contributed by atoms with Crippen LogP contribution >= 0.6 is 0 Å². The molecule has 23 heavy (non-hydrogen) atoms. The molecule has 3 atom stereocenters.